The average Bonchev–Trinajstić information content (AvgIpc) is 2.90. The van der Waals surface area contributed by atoms with E-state index in [1.165, 1.54) is 89.9 Å². The predicted molar refractivity (Wildman–Crippen MR) is 173 cm³/mol. The van der Waals surface area contributed by atoms with E-state index >= 15 is 0 Å². The van der Waals surface area contributed by atoms with Gasteiger partial charge in [-0.05, 0) is 42.4 Å². The lowest BCUT2D eigenvalue weighted by atomic mass is 9.74. The Labute approximate surface area is 248 Å². The number of phenols is 1. The van der Waals surface area contributed by atoms with Gasteiger partial charge in [0.2, 0.25) is 0 Å². The summed E-state index contributed by atoms with van der Waals surface area (Å²) in [4.78, 5) is 21.7. The standard InChI is InChI=1S/C35H65O4P/c1-5-7-9-11-13-15-17-19-21-23-29-35(40(37,38)39,30-24-22-20-18-16-14-12-10-8-6-2)31-34(3,4)32-25-27-33(36)28-26-32/h25-28,36H,5-24,29-31H2,1-4H3,(H2,37,38,39). The first-order chi connectivity index (χ1) is 19.1. The molecule has 0 unspecified atom stereocenters. The lowest BCUT2D eigenvalue weighted by Gasteiger charge is -2.41. The molecule has 1 aromatic rings. The average molecular weight is 581 g/mol. The fourth-order valence-electron chi connectivity index (χ4n) is 6.42. The molecular formula is C35H65O4P. The topological polar surface area (TPSA) is 77.8 Å². The Morgan fingerprint density at radius 3 is 1.23 bits per heavy atom. The van der Waals surface area contributed by atoms with Crippen molar-refractivity contribution in [2.24, 2.45) is 0 Å². The maximum absolute atomic E-state index is 13.3. The molecule has 0 amide bonds. The van der Waals surface area contributed by atoms with Crippen molar-refractivity contribution in [1.82, 2.24) is 0 Å². The third-order valence-electron chi connectivity index (χ3n) is 9.03. The van der Waals surface area contributed by atoms with Gasteiger partial charge >= 0.3 is 7.60 Å². The van der Waals surface area contributed by atoms with Gasteiger partial charge in [-0.15, -0.1) is 0 Å². The molecule has 0 aliphatic heterocycles. The maximum Gasteiger partial charge on any atom is 0.331 e. The molecule has 0 saturated carbocycles. The van der Waals surface area contributed by atoms with E-state index in [0.717, 1.165) is 44.1 Å². The molecule has 234 valence electrons. The van der Waals surface area contributed by atoms with Crippen LogP contribution in [-0.2, 0) is 9.98 Å². The van der Waals surface area contributed by atoms with Crippen LogP contribution in [0.2, 0.25) is 0 Å². The highest BCUT2D eigenvalue weighted by atomic mass is 31.2. The summed E-state index contributed by atoms with van der Waals surface area (Å²) in [5.41, 5.74) is 0.625. The summed E-state index contributed by atoms with van der Waals surface area (Å²) < 4.78 is 13.3. The van der Waals surface area contributed by atoms with Gasteiger partial charge in [-0.2, -0.15) is 0 Å². The van der Waals surface area contributed by atoms with Crippen LogP contribution in [0, 0.1) is 0 Å². The molecule has 1 rings (SSSR count). The number of rotatable bonds is 26. The van der Waals surface area contributed by atoms with Crippen LogP contribution in [0.1, 0.15) is 181 Å². The van der Waals surface area contributed by atoms with Gasteiger partial charge in [0.15, 0.2) is 0 Å². The highest BCUT2D eigenvalue weighted by molar-refractivity contribution is 7.53. The van der Waals surface area contributed by atoms with Crippen molar-refractivity contribution in [3.63, 3.8) is 0 Å². The van der Waals surface area contributed by atoms with Gasteiger partial charge in [0, 0.05) is 0 Å². The number of unbranched alkanes of at least 4 members (excludes halogenated alkanes) is 18. The molecule has 0 heterocycles. The summed E-state index contributed by atoms with van der Waals surface area (Å²) in [7, 11) is -4.34. The number of aromatic hydroxyl groups is 1. The molecular weight excluding hydrogens is 515 g/mol. The van der Waals surface area contributed by atoms with E-state index in [-0.39, 0.29) is 5.75 Å². The van der Waals surface area contributed by atoms with Gasteiger partial charge in [0.1, 0.15) is 5.75 Å². The van der Waals surface area contributed by atoms with E-state index in [9.17, 15) is 19.5 Å². The summed E-state index contributed by atoms with van der Waals surface area (Å²) in [6.07, 6.45) is 26.0. The Bertz CT molecular complexity index is 759. The molecule has 0 radical (unpaired) electrons. The van der Waals surface area contributed by atoms with E-state index in [1.807, 2.05) is 12.1 Å². The molecule has 0 aromatic heterocycles. The number of phenolic OH excluding ortho intramolecular Hbond substituents is 1. The summed E-state index contributed by atoms with van der Waals surface area (Å²) in [6, 6.07) is 7.17. The zero-order valence-electron chi connectivity index (χ0n) is 26.8. The SMILES string of the molecule is CCCCCCCCCCCCC(CCCCCCCCCCCC)(CC(C)(C)c1ccc(O)cc1)P(=O)(O)O. The van der Waals surface area contributed by atoms with Crippen LogP contribution in [-0.4, -0.2) is 20.0 Å². The van der Waals surface area contributed by atoms with Crippen molar-refractivity contribution in [2.45, 2.75) is 186 Å². The highest BCUT2D eigenvalue weighted by Gasteiger charge is 2.48. The van der Waals surface area contributed by atoms with Crippen molar-refractivity contribution in [3.05, 3.63) is 29.8 Å². The summed E-state index contributed by atoms with van der Waals surface area (Å²) >= 11 is 0. The molecule has 0 saturated heterocycles. The van der Waals surface area contributed by atoms with Crippen LogP contribution in [0.5, 0.6) is 5.75 Å². The predicted octanol–water partition coefficient (Wildman–Crippen LogP) is 11.6. The second kappa shape index (κ2) is 21.0. The Hall–Kier alpha value is -0.830. The second-order valence-corrected chi connectivity index (χ2v) is 15.3. The van der Waals surface area contributed by atoms with Crippen molar-refractivity contribution >= 4 is 7.60 Å². The third-order valence-corrected chi connectivity index (χ3v) is 10.9. The van der Waals surface area contributed by atoms with Gasteiger partial charge in [0.05, 0.1) is 5.16 Å². The first-order valence-corrected chi connectivity index (χ1v) is 18.5. The Morgan fingerprint density at radius 2 is 0.900 bits per heavy atom. The molecule has 5 heteroatoms. The van der Waals surface area contributed by atoms with E-state index in [4.69, 9.17) is 0 Å². The van der Waals surface area contributed by atoms with Crippen LogP contribution in [0.15, 0.2) is 24.3 Å². The maximum atomic E-state index is 13.3. The smallest absolute Gasteiger partial charge is 0.331 e. The molecule has 40 heavy (non-hydrogen) atoms. The summed E-state index contributed by atoms with van der Waals surface area (Å²) in [5, 5.41) is 8.79. The van der Waals surface area contributed by atoms with Crippen LogP contribution in [0.3, 0.4) is 0 Å². The number of benzene rings is 1. The third kappa shape index (κ3) is 15.4. The van der Waals surface area contributed by atoms with Gasteiger partial charge in [-0.25, -0.2) is 0 Å². The van der Waals surface area contributed by atoms with Crippen LogP contribution in [0.4, 0.5) is 0 Å². The lowest BCUT2D eigenvalue weighted by Crippen LogP contribution is -2.37. The largest absolute Gasteiger partial charge is 0.508 e. The van der Waals surface area contributed by atoms with E-state index in [0.29, 0.717) is 19.3 Å². The quantitative estimate of drug-likeness (QED) is 0.0752. The van der Waals surface area contributed by atoms with Crippen LogP contribution in [0.25, 0.3) is 0 Å². The van der Waals surface area contributed by atoms with Crippen LogP contribution >= 0.6 is 7.60 Å². The zero-order chi connectivity index (χ0) is 29.7. The van der Waals surface area contributed by atoms with E-state index in [2.05, 4.69) is 27.7 Å². The lowest BCUT2D eigenvalue weighted by molar-refractivity contribution is 0.255. The first-order valence-electron chi connectivity index (χ1n) is 16.9. The molecule has 0 spiro atoms. The molecule has 4 nitrogen and oxygen atoms in total. The summed E-state index contributed by atoms with van der Waals surface area (Å²) in [6.45, 7) is 8.70. The first kappa shape index (κ1) is 37.2. The Morgan fingerprint density at radius 1 is 0.575 bits per heavy atom. The minimum Gasteiger partial charge on any atom is -0.508 e. The van der Waals surface area contributed by atoms with Crippen molar-refractivity contribution in [3.8, 4) is 5.75 Å². The number of hydrogen-bond acceptors (Lipinski definition) is 2. The van der Waals surface area contributed by atoms with Crippen molar-refractivity contribution < 1.29 is 19.5 Å². The Kier molecular flexibility index (Phi) is 19.5. The van der Waals surface area contributed by atoms with Gasteiger partial charge in [0.25, 0.3) is 0 Å². The highest BCUT2D eigenvalue weighted by Crippen LogP contribution is 2.60. The second-order valence-electron chi connectivity index (χ2n) is 13.2. The minimum atomic E-state index is -4.34. The minimum absolute atomic E-state index is 0.219. The van der Waals surface area contributed by atoms with Gasteiger partial charge in [-0.3, -0.25) is 4.57 Å². The zero-order valence-corrected chi connectivity index (χ0v) is 27.7. The van der Waals surface area contributed by atoms with Crippen molar-refractivity contribution in [2.75, 3.05) is 0 Å². The van der Waals surface area contributed by atoms with E-state index < -0.39 is 18.2 Å². The molecule has 3 N–H and O–H groups in total. The molecule has 0 fully saturated rings. The molecule has 1 aromatic carbocycles. The number of hydrogen-bond donors (Lipinski definition) is 3. The van der Waals surface area contributed by atoms with Gasteiger partial charge < -0.3 is 14.9 Å². The fourth-order valence-corrected chi connectivity index (χ4v) is 7.92. The molecule has 0 bridgehead atoms. The fraction of sp³-hybridized carbons (Fsp3) is 0.829. The normalized spacial score (nSPS) is 12.8. The monoisotopic (exact) mass is 580 g/mol. The molecule has 0 atom stereocenters. The summed E-state index contributed by atoms with van der Waals surface area (Å²) in [5.74, 6) is 0.219. The molecule has 0 aliphatic rings. The van der Waals surface area contributed by atoms with Crippen LogP contribution < -0.4 is 0 Å². The Balaban J connectivity index is 2.74. The van der Waals surface area contributed by atoms with E-state index in [1.54, 1.807) is 12.1 Å². The van der Waals surface area contributed by atoms with Gasteiger partial charge in [-0.1, -0.05) is 168 Å². The van der Waals surface area contributed by atoms with Crippen molar-refractivity contribution in [1.29, 1.82) is 0 Å². The molecule has 0 aliphatic carbocycles.